The fraction of sp³-hybridized carbons (Fsp3) is 0.667. The van der Waals surface area contributed by atoms with Gasteiger partial charge in [-0.2, -0.15) is 0 Å². The van der Waals surface area contributed by atoms with Crippen molar-refractivity contribution in [3.8, 4) is 0 Å². The zero-order valence-electron chi connectivity index (χ0n) is 5.18. The van der Waals surface area contributed by atoms with Crippen LogP contribution < -0.4 is 0 Å². The molecule has 0 aromatic carbocycles. The Morgan fingerprint density at radius 1 is 1.58 bits per heavy atom. The van der Waals surface area contributed by atoms with E-state index in [1.807, 2.05) is 0 Å². The van der Waals surface area contributed by atoms with E-state index in [4.69, 9.17) is 26.5 Å². The molecule has 0 aliphatic rings. The molecule has 0 spiro atoms. The van der Waals surface area contributed by atoms with Gasteiger partial charge in [-0.05, 0) is 0 Å². The van der Waals surface area contributed by atoms with Crippen molar-refractivity contribution in [1.82, 2.24) is 0 Å². The van der Waals surface area contributed by atoms with Gasteiger partial charge in [0.05, 0.1) is 5.88 Å². The molecule has 0 heterocycles. The average Bonchev–Trinajstić information content (AvgIpc) is 1.82. The molecule has 12 heavy (non-hydrogen) atoms. The van der Waals surface area contributed by atoms with Crippen molar-refractivity contribution >= 4 is 55.0 Å². The van der Waals surface area contributed by atoms with Crippen LogP contribution in [0.5, 0.6) is 0 Å². The number of hydrogen-bond donors (Lipinski definition) is 3. The van der Waals surface area contributed by atoms with E-state index < -0.39 is 25.8 Å². The Hall–Kier alpha value is 0.870. The summed E-state index contributed by atoms with van der Waals surface area (Å²) in [5, 5.41) is 8.54. The van der Waals surface area contributed by atoms with Crippen molar-refractivity contribution in [2.24, 2.45) is 0 Å². The first-order chi connectivity index (χ1) is 4.87. The Balaban J connectivity index is 0. The van der Waals surface area contributed by atoms with Crippen LogP contribution in [0.2, 0.25) is 0 Å². The molecule has 1 unspecified atom stereocenters. The summed E-state index contributed by atoms with van der Waals surface area (Å²) in [5.41, 5.74) is 0. The number of alkyl halides is 1. The maximum atomic E-state index is 10.3. The van der Waals surface area contributed by atoms with Crippen molar-refractivity contribution in [2.45, 2.75) is 6.10 Å². The quantitative estimate of drug-likeness (QED) is 0.311. The topological polar surface area (TPSA) is 104 Å². The van der Waals surface area contributed by atoms with E-state index in [0.717, 1.165) is 0 Å². The van der Waals surface area contributed by atoms with Gasteiger partial charge >= 0.3 is 43.3 Å². The second kappa shape index (κ2) is 6.34. The van der Waals surface area contributed by atoms with Crippen LogP contribution in [0.25, 0.3) is 0 Å². The zero-order chi connectivity index (χ0) is 9.07. The monoisotopic (exact) mass is 228 g/mol. The van der Waals surface area contributed by atoms with Crippen molar-refractivity contribution in [1.29, 1.82) is 0 Å². The summed E-state index contributed by atoms with van der Waals surface area (Å²) in [4.78, 5) is 26.4. The van der Waals surface area contributed by atoms with Gasteiger partial charge in [-0.25, -0.2) is 9.36 Å². The van der Waals surface area contributed by atoms with Crippen LogP contribution in [-0.2, 0) is 13.9 Å². The van der Waals surface area contributed by atoms with Crippen molar-refractivity contribution < 1.29 is 28.8 Å². The number of phosphoric ester groups is 1. The fourth-order valence-corrected chi connectivity index (χ4v) is 0.723. The number of aliphatic hydroxyl groups excluding tert-OH is 1. The van der Waals surface area contributed by atoms with E-state index >= 15 is 0 Å². The summed E-state index contributed by atoms with van der Waals surface area (Å²) in [6.45, 7) is 0. The Kier molecular flexibility index (Phi) is 8.11. The zero-order valence-corrected chi connectivity index (χ0v) is 6.83. The number of halogens is 1. The molecule has 0 saturated heterocycles. The summed E-state index contributed by atoms with van der Waals surface area (Å²) in [6.07, 6.45) is -1.70. The molecule has 0 fully saturated rings. The van der Waals surface area contributed by atoms with Gasteiger partial charge < -0.3 is 9.63 Å². The number of phosphoric acid groups is 1. The molecule has 9 heteroatoms. The van der Waals surface area contributed by atoms with Gasteiger partial charge in [0.15, 0.2) is 6.10 Å². The molecule has 0 bridgehead atoms. The molecular weight excluding hydrogens is 221 g/mol. The first kappa shape index (κ1) is 15.3. The van der Waals surface area contributed by atoms with Crippen LogP contribution in [0.1, 0.15) is 0 Å². The molecule has 0 aromatic rings. The predicted octanol–water partition coefficient (Wildman–Crippen LogP) is -1.43. The molecule has 0 radical (unpaired) electrons. The molecule has 0 aliphatic heterocycles. The molecular formula is C3H7ClNaO6P. The van der Waals surface area contributed by atoms with E-state index in [-0.39, 0.29) is 29.6 Å². The van der Waals surface area contributed by atoms with Crippen LogP contribution in [-0.4, -0.2) is 62.4 Å². The first-order valence-corrected chi connectivity index (χ1v) is 4.46. The standard InChI is InChI=1S/C3H6ClO6P.Na.H/c4-1-2(5)3(6)10-11(7,8)9;;/h2,5H,1H2,(H2,7,8,9);;. The predicted molar refractivity (Wildman–Crippen MR) is 42.0 cm³/mol. The molecule has 68 valence electrons. The van der Waals surface area contributed by atoms with Gasteiger partial charge in [0.25, 0.3) is 0 Å². The molecule has 1 atom stereocenters. The van der Waals surface area contributed by atoms with Crippen molar-refractivity contribution in [2.75, 3.05) is 5.88 Å². The van der Waals surface area contributed by atoms with E-state index in [2.05, 4.69) is 4.52 Å². The molecule has 0 saturated carbocycles. The molecule has 0 aromatic heterocycles. The third kappa shape index (κ3) is 7.52. The summed E-state index contributed by atoms with van der Waals surface area (Å²) >= 11 is 4.97. The van der Waals surface area contributed by atoms with Gasteiger partial charge in [0, 0.05) is 0 Å². The summed E-state index contributed by atoms with van der Waals surface area (Å²) in [6, 6.07) is 0. The number of aliphatic hydroxyl groups is 1. The second-order valence-corrected chi connectivity index (χ2v) is 3.04. The minimum atomic E-state index is -4.86. The number of carbonyl (C=O) groups is 1. The molecule has 0 aliphatic carbocycles. The summed E-state index contributed by atoms with van der Waals surface area (Å²) < 4.78 is 13.4. The van der Waals surface area contributed by atoms with E-state index in [9.17, 15) is 9.36 Å². The Labute approximate surface area is 95.4 Å². The molecule has 0 rings (SSSR count). The van der Waals surface area contributed by atoms with Gasteiger partial charge in [0.1, 0.15) is 0 Å². The molecule has 6 nitrogen and oxygen atoms in total. The molecule has 3 N–H and O–H groups in total. The second-order valence-electron chi connectivity index (χ2n) is 1.57. The van der Waals surface area contributed by atoms with Gasteiger partial charge in [-0.15, -0.1) is 11.6 Å². The third-order valence-electron chi connectivity index (χ3n) is 0.627. The Bertz CT molecular complexity index is 191. The first-order valence-electron chi connectivity index (χ1n) is 2.40. The molecule has 0 amide bonds. The van der Waals surface area contributed by atoms with E-state index in [1.165, 1.54) is 0 Å². The van der Waals surface area contributed by atoms with Crippen LogP contribution in [0.3, 0.4) is 0 Å². The number of hydrogen-bond acceptors (Lipinski definition) is 4. The van der Waals surface area contributed by atoms with E-state index in [0.29, 0.717) is 0 Å². The average molecular weight is 228 g/mol. The number of carbonyl (C=O) groups excluding carboxylic acids is 1. The van der Waals surface area contributed by atoms with Gasteiger partial charge in [-0.1, -0.05) is 0 Å². The van der Waals surface area contributed by atoms with Crippen LogP contribution >= 0.6 is 19.4 Å². The van der Waals surface area contributed by atoms with Gasteiger partial charge in [-0.3, -0.25) is 9.79 Å². The van der Waals surface area contributed by atoms with Crippen LogP contribution in [0.15, 0.2) is 0 Å². The Morgan fingerprint density at radius 3 is 2.25 bits per heavy atom. The van der Waals surface area contributed by atoms with Crippen LogP contribution in [0, 0.1) is 0 Å². The maximum absolute atomic E-state index is 10.3. The normalized spacial score (nSPS) is 13.0. The SMILES string of the molecule is O=C(OP(=O)(O)O)C(O)CCl.[NaH]. The fourth-order valence-electron chi connectivity index (χ4n) is 0.241. The van der Waals surface area contributed by atoms with Crippen molar-refractivity contribution in [3.05, 3.63) is 0 Å². The van der Waals surface area contributed by atoms with Gasteiger partial charge in [0.2, 0.25) is 0 Å². The Morgan fingerprint density at radius 2 is 2.00 bits per heavy atom. The summed E-state index contributed by atoms with van der Waals surface area (Å²) in [7, 11) is -4.86. The summed E-state index contributed by atoms with van der Waals surface area (Å²) in [5.74, 6) is -1.91. The minimum absolute atomic E-state index is 0. The van der Waals surface area contributed by atoms with E-state index in [1.54, 1.807) is 0 Å². The number of rotatable bonds is 3. The van der Waals surface area contributed by atoms with Crippen LogP contribution in [0.4, 0.5) is 0 Å². The van der Waals surface area contributed by atoms with Crippen molar-refractivity contribution in [3.63, 3.8) is 0 Å². The third-order valence-corrected chi connectivity index (χ3v) is 1.34.